The maximum Gasteiger partial charge on any atom is 0.119 e. The van der Waals surface area contributed by atoms with E-state index in [4.69, 9.17) is 4.74 Å². The molecule has 2 rings (SSSR count). The molecule has 0 radical (unpaired) electrons. The average molecular weight is 278 g/mol. The summed E-state index contributed by atoms with van der Waals surface area (Å²) in [6.07, 6.45) is 1.80. The van der Waals surface area contributed by atoms with Gasteiger partial charge in [0, 0.05) is 11.8 Å². The zero-order valence-corrected chi connectivity index (χ0v) is 10.6. The Morgan fingerprint density at radius 2 is 1.88 bits per heavy atom. The van der Waals surface area contributed by atoms with Crippen LogP contribution in [0.1, 0.15) is 11.1 Å². The molecular formula is C13H12BrNO. The highest BCUT2D eigenvalue weighted by Gasteiger charge is 1.96. The summed E-state index contributed by atoms with van der Waals surface area (Å²) >= 11 is 3.30. The van der Waals surface area contributed by atoms with Crippen LogP contribution in [0.4, 0.5) is 0 Å². The van der Waals surface area contributed by atoms with Gasteiger partial charge in [-0.1, -0.05) is 23.8 Å². The molecule has 0 bridgehead atoms. The molecule has 0 spiro atoms. The van der Waals surface area contributed by atoms with Crippen LogP contribution in [0.25, 0.3) is 0 Å². The van der Waals surface area contributed by atoms with Crippen molar-refractivity contribution in [2.24, 2.45) is 0 Å². The number of aromatic nitrogens is 1. The van der Waals surface area contributed by atoms with Gasteiger partial charge in [0.1, 0.15) is 17.0 Å². The van der Waals surface area contributed by atoms with Crippen molar-refractivity contribution >= 4 is 15.9 Å². The first-order valence-corrected chi connectivity index (χ1v) is 5.83. The highest BCUT2D eigenvalue weighted by Crippen LogP contribution is 2.14. The molecule has 3 heteroatoms. The number of rotatable bonds is 3. The Balaban J connectivity index is 1.97. The highest BCUT2D eigenvalue weighted by atomic mass is 79.9. The summed E-state index contributed by atoms with van der Waals surface area (Å²) in [5.41, 5.74) is 2.29. The lowest BCUT2D eigenvalue weighted by atomic mass is 10.2. The number of aryl methyl sites for hydroxylation is 1. The maximum atomic E-state index is 5.63. The van der Waals surface area contributed by atoms with Gasteiger partial charge in [-0.15, -0.1) is 0 Å². The first-order chi connectivity index (χ1) is 7.74. The number of hydrogen-bond acceptors (Lipinski definition) is 2. The molecule has 16 heavy (non-hydrogen) atoms. The van der Waals surface area contributed by atoms with Gasteiger partial charge in [0.05, 0.1) is 0 Å². The van der Waals surface area contributed by atoms with E-state index >= 15 is 0 Å². The van der Waals surface area contributed by atoms with E-state index in [-0.39, 0.29) is 0 Å². The molecule has 82 valence electrons. The molecule has 0 atom stereocenters. The van der Waals surface area contributed by atoms with E-state index in [0.717, 1.165) is 15.9 Å². The van der Waals surface area contributed by atoms with Crippen molar-refractivity contribution in [1.29, 1.82) is 0 Å². The maximum absolute atomic E-state index is 5.63. The lowest BCUT2D eigenvalue weighted by Gasteiger charge is -2.06. The second-order valence-corrected chi connectivity index (χ2v) is 4.40. The molecule has 1 heterocycles. The number of ether oxygens (including phenoxy) is 1. The third-order valence-corrected chi connectivity index (χ3v) is 2.68. The molecule has 1 aromatic heterocycles. The Kier molecular flexibility index (Phi) is 3.57. The van der Waals surface area contributed by atoms with Crippen molar-refractivity contribution in [1.82, 2.24) is 4.98 Å². The van der Waals surface area contributed by atoms with E-state index in [1.807, 2.05) is 36.4 Å². The molecule has 2 aromatic rings. The number of pyridine rings is 1. The highest BCUT2D eigenvalue weighted by molar-refractivity contribution is 9.10. The fourth-order valence-electron chi connectivity index (χ4n) is 1.29. The molecule has 0 fully saturated rings. The van der Waals surface area contributed by atoms with Crippen LogP contribution < -0.4 is 4.74 Å². The zero-order chi connectivity index (χ0) is 11.4. The minimum absolute atomic E-state index is 0.545. The molecule has 0 unspecified atom stereocenters. The minimum atomic E-state index is 0.545. The van der Waals surface area contributed by atoms with Crippen molar-refractivity contribution < 1.29 is 4.74 Å². The smallest absolute Gasteiger partial charge is 0.119 e. The van der Waals surface area contributed by atoms with Crippen LogP contribution in [-0.2, 0) is 6.61 Å². The van der Waals surface area contributed by atoms with Crippen LogP contribution in [0.5, 0.6) is 5.75 Å². The van der Waals surface area contributed by atoms with Crippen LogP contribution in [0, 0.1) is 6.92 Å². The van der Waals surface area contributed by atoms with E-state index in [1.165, 1.54) is 5.56 Å². The number of halogens is 1. The average Bonchev–Trinajstić information content (AvgIpc) is 2.30. The van der Waals surface area contributed by atoms with E-state index in [2.05, 4.69) is 27.8 Å². The topological polar surface area (TPSA) is 22.1 Å². The van der Waals surface area contributed by atoms with Crippen molar-refractivity contribution in [2.75, 3.05) is 0 Å². The summed E-state index contributed by atoms with van der Waals surface area (Å²) < 4.78 is 6.47. The first kappa shape index (κ1) is 11.1. The fraction of sp³-hybridized carbons (Fsp3) is 0.154. The molecule has 0 aliphatic heterocycles. The standard InChI is InChI=1S/C13H12BrNO/c1-10-2-5-12(6-3-10)16-9-11-4-7-13(14)15-8-11/h2-8H,9H2,1H3. The largest absolute Gasteiger partial charge is 0.489 e. The molecule has 0 amide bonds. The third kappa shape index (κ3) is 3.07. The first-order valence-electron chi connectivity index (χ1n) is 5.04. The van der Waals surface area contributed by atoms with Gasteiger partial charge in [-0.25, -0.2) is 4.98 Å². The van der Waals surface area contributed by atoms with Crippen molar-refractivity contribution in [3.63, 3.8) is 0 Å². The summed E-state index contributed by atoms with van der Waals surface area (Å²) in [5, 5.41) is 0. The quantitative estimate of drug-likeness (QED) is 0.798. The van der Waals surface area contributed by atoms with Gasteiger partial charge in [0.25, 0.3) is 0 Å². The summed E-state index contributed by atoms with van der Waals surface area (Å²) in [6, 6.07) is 11.9. The van der Waals surface area contributed by atoms with Crippen molar-refractivity contribution in [3.05, 3.63) is 58.3 Å². The van der Waals surface area contributed by atoms with Crippen LogP contribution in [0.3, 0.4) is 0 Å². The normalized spacial score (nSPS) is 10.1. The Morgan fingerprint density at radius 3 is 2.50 bits per heavy atom. The molecule has 2 nitrogen and oxygen atoms in total. The number of nitrogens with zero attached hydrogens (tertiary/aromatic N) is 1. The fourth-order valence-corrected chi connectivity index (χ4v) is 1.53. The van der Waals surface area contributed by atoms with E-state index < -0.39 is 0 Å². The summed E-state index contributed by atoms with van der Waals surface area (Å²) in [6.45, 7) is 2.60. The van der Waals surface area contributed by atoms with E-state index in [1.54, 1.807) is 6.20 Å². The van der Waals surface area contributed by atoms with Gasteiger partial charge in [0.15, 0.2) is 0 Å². The van der Waals surface area contributed by atoms with Gasteiger partial charge >= 0.3 is 0 Å². The zero-order valence-electron chi connectivity index (χ0n) is 8.98. The Hall–Kier alpha value is -1.35. The molecule has 0 saturated carbocycles. The number of hydrogen-bond donors (Lipinski definition) is 0. The molecule has 0 aliphatic carbocycles. The SMILES string of the molecule is Cc1ccc(OCc2ccc(Br)nc2)cc1. The molecule has 1 aromatic carbocycles. The van der Waals surface area contributed by atoms with Crippen LogP contribution in [0.2, 0.25) is 0 Å². The molecule has 0 N–H and O–H groups in total. The Bertz CT molecular complexity index is 405. The van der Waals surface area contributed by atoms with Gasteiger partial charge in [-0.3, -0.25) is 0 Å². The Morgan fingerprint density at radius 1 is 1.12 bits per heavy atom. The summed E-state index contributed by atoms with van der Waals surface area (Å²) in [5.74, 6) is 0.883. The lowest BCUT2D eigenvalue weighted by Crippen LogP contribution is -1.95. The molecular weight excluding hydrogens is 266 g/mol. The van der Waals surface area contributed by atoms with Gasteiger partial charge in [-0.05, 0) is 41.1 Å². The van der Waals surface area contributed by atoms with Crippen LogP contribution in [-0.4, -0.2) is 4.98 Å². The van der Waals surface area contributed by atoms with Crippen molar-refractivity contribution in [2.45, 2.75) is 13.5 Å². The Labute approximate surface area is 103 Å². The second kappa shape index (κ2) is 5.12. The monoisotopic (exact) mass is 277 g/mol. The van der Waals surface area contributed by atoms with Crippen molar-refractivity contribution in [3.8, 4) is 5.75 Å². The van der Waals surface area contributed by atoms with Gasteiger partial charge in [0.2, 0.25) is 0 Å². The number of benzene rings is 1. The summed E-state index contributed by atoms with van der Waals surface area (Å²) in [4.78, 5) is 4.14. The van der Waals surface area contributed by atoms with E-state index in [0.29, 0.717) is 6.61 Å². The molecule has 0 saturated heterocycles. The van der Waals surface area contributed by atoms with Crippen LogP contribution >= 0.6 is 15.9 Å². The predicted molar refractivity (Wildman–Crippen MR) is 67.4 cm³/mol. The second-order valence-electron chi connectivity index (χ2n) is 3.59. The van der Waals surface area contributed by atoms with E-state index in [9.17, 15) is 0 Å². The van der Waals surface area contributed by atoms with Gasteiger partial charge in [-0.2, -0.15) is 0 Å². The summed E-state index contributed by atoms with van der Waals surface area (Å²) in [7, 11) is 0. The lowest BCUT2D eigenvalue weighted by molar-refractivity contribution is 0.305. The minimum Gasteiger partial charge on any atom is -0.489 e. The van der Waals surface area contributed by atoms with Crippen LogP contribution in [0.15, 0.2) is 47.2 Å². The third-order valence-electron chi connectivity index (χ3n) is 2.22. The predicted octanol–water partition coefficient (Wildman–Crippen LogP) is 3.73. The van der Waals surface area contributed by atoms with Gasteiger partial charge < -0.3 is 4.74 Å². The molecule has 0 aliphatic rings.